The molecule has 180 valence electrons. The van der Waals surface area contributed by atoms with E-state index in [0.717, 1.165) is 45.1 Å². The predicted octanol–water partition coefficient (Wildman–Crippen LogP) is 4.53. The van der Waals surface area contributed by atoms with Crippen molar-refractivity contribution < 1.29 is 14.3 Å². The van der Waals surface area contributed by atoms with Gasteiger partial charge in [0.25, 0.3) is 0 Å². The standard InChI is InChI=1S/C26H43N3O3/c1-6-20(2)22(28-25(31)32-26(3,4)5)19-29-18-12-16-23(29)24(30)27-17-11-10-15-21-13-8-7-9-14-21/h7-9,13-14,20,22-23H,6,10-12,15-19H2,1-5H3,(H,27,30)(H,28,31)/t20?,22?,23-/m0/s1. The number of rotatable bonds is 11. The van der Waals surface area contributed by atoms with Crippen molar-refractivity contribution in [1.29, 1.82) is 0 Å². The van der Waals surface area contributed by atoms with Gasteiger partial charge in [-0.25, -0.2) is 4.79 Å². The molecule has 1 heterocycles. The van der Waals surface area contributed by atoms with Crippen LogP contribution in [0.15, 0.2) is 30.3 Å². The molecule has 32 heavy (non-hydrogen) atoms. The highest BCUT2D eigenvalue weighted by molar-refractivity contribution is 5.82. The van der Waals surface area contributed by atoms with Gasteiger partial charge in [-0.05, 0) is 70.9 Å². The Morgan fingerprint density at radius 2 is 1.91 bits per heavy atom. The third-order valence-electron chi connectivity index (χ3n) is 6.16. The number of nitrogens with one attached hydrogen (secondary N) is 2. The molecule has 1 aromatic carbocycles. The first kappa shape index (κ1) is 26.2. The highest BCUT2D eigenvalue weighted by atomic mass is 16.6. The first-order valence-electron chi connectivity index (χ1n) is 12.2. The lowest BCUT2D eigenvalue weighted by Crippen LogP contribution is -2.52. The van der Waals surface area contributed by atoms with Crippen LogP contribution in [0.25, 0.3) is 0 Å². The fourth-order valence-electron chi connectivity index (χ4n) is 4.13. The zero-order valence-electron chi connectivity index (χ0n) is 20.7. The third-order valence-corrected chi connectivity index (χ3v) is 6.16. The maximum Gasteiger partial charge on any atom is 0.407 e. The van der Waals surface area contributed by atoms with E-state index in [4.69, 9.17) is 4.74 Å². The first-order valence-corrected chi connectivity index (χ1v) is 12.2. The molecule has 1 aromatic rings. The van der Waals surface area contributed by atoms with Crippen molar-refractivity contribution in [3.8, 4) is 0 Å². The summed E-state index contributed by atoms with van der Waals surface area (Å²) in [4.78, 5) is 27.4. The minimum Gasteiger partial charge on any atom is -0.444 e. The fourth-order valence-corrected chi connectivity index (χ4v) is 4.13. The van der Waals surface area contributed by atoms with Gasteiger partial charge in [0.2, 0.25) is 5.91 Å². The smallest absolute Gasteiger partial charge is 0.407 e. The van der Waals surface area contributed by atoms with E-state index in [2.05, 4.69) is 53.6 Å². The maximum atomic E-state index is 12.9. The number of unbranched alkanes of at least 4 members (excludes halogenated alkanes) is 1. The zero-order chi connectivity index (χ0) is 23.6. The number of hydrogen-bond acceptors (Lipinski definition) is 4. The Bertz CT molecular complexity index is 702. The third kappa shape index (κ3) is 9.19. The lowest BCUT2D eigenvalue weighted by Gasteiger charge is -2.32. The molecule has 0 radical (unpaired) electrons. The largest absolute Gasteiger partial charge is 0.444 e. The van der Waals surface area contributed by atoms with Crippen LogP contribution < -0.4 is 10.6 Å². The molecule has 6 heteroatoms. The van der Waals surface area contributed by atoms with Crippen LogP contribution >= 0.6 is 0 Å². The van der Waals surface area contributed by atoms with Gasteiger partial charge in [0, 0.05) is 19.1 Å². The summed E-state index contributed by atoms with van der Waals surface area (Å²) < 4.78 is 5.46. The second kappa shape index (κ2) is 12.8. The summed E-state index contributed by atoms with van der Waals surface area (Å²) in [5, 5.41) is 6.19. The van der Waals surface area contributed by atoms with Crippen LogP contribution in [0.4, 0.5) is 4.79 Å². The van der Waals surface area contributed by atoms with Crippen molar-refractivity contribution >= 4 is 12.0 Å². The van der Waals surface area contributed by atoms with Crippen molar-refractivity contribution in [1.82, 2.24) is 15.5 Å². The number of carbonyl (C=O) groups excluding carboxylic acids is 2. The van der Waals surface area contributed by atoms with E-state index in [-0.39, 0.29) is 24.1 Å². The molecule has 0 saturated carbocycles. The molecule has 1 fully saturated rings. The van der Waals surface area contributed by atoms with Gasteiger partial charge in [0.05, 0.1) is 6.04 Å². The van der Waals surface area contributed by atoms with E-state index in [9.17, 15) is 9.59 Å². The molecule has 1 aliphatic rings. The molecular formula is C26H43N3O3. The number of carbonyl (C=O) groups is 2. The van der Waals surface area contributed by atoms with Gasteiger partial charge in [-0.15, -0.1) is 0 Å². The van der Waals surface area contributed by atoms with E-state index < -0.39 is 5.60 Å². The monoisotopic (exact) mass is 445 g/mol. The van der Waals surface area contributed by atoms with Gasteiger partial charge in [0.15, 0.2) is 0 Å². The lowest BCUT2D eigenvalue weighted by atomic mass is 9.98. The summed E-state index contributed by atoms with van der Waals surface area (Å²) in [6, 6.07) is 10.3. The van der Waals surface area contributed by atoms with Gasteiger partial charge >= 0.3 is 6.09 Å². The number of ether oxygens (including phenoxy) is 1. The van der Waals surface area contributed by atoms with E-state index in [1.807, 2.05) is 26.8 Å². The Labute approximate surface area is 194 Å². The minimum absolute atomic E-state index is 0.0471. The Hall–Kier alpha value is -2.08. The maximum absolute atomic E-state index is 12.9. The van der Waals surface area contributed by atoms with Gasteiger partial charge in [-0.1, -0.05) is 50.6 Å². The molecule has 2 amide bonds. The van der Waals surface area contributed by atoms with Crippen molar-refractivity contribution in [2.45, 2.75) is 90.8 Å². The Kier molecular flexibility index (Phi) is 10.5. The molecule has 3 atom stereocenters. The second-order valence-electron chi connectivity index (χ2n) is 10.0. The Morgan fingerprint density at radius 3 is 2.56 bits per heavy atom. The lowest BCUT2D eigenvalue weighted by molar-refractivity contribution is -0.125. The first-order chi connectivity index (χ1) is 15.2. The number of hydrogen-bond donors (Lipinski definition) is 2. The Balaban J connectivity index is 1.81. The van der Waals surface area contributed by atoms with Gasteiger partial charge < -0.3 is 15.4 Å². The number of nitrogens with zero attached hydrogens (tertiary/aromatic N) is 1. The highest BCUT2D eigenvalue weighted by Gasteiger charge is 2.33. The summed E-state index contributed by atoms with van der Waals surface area (Å²) >= 11 is 0. The van der Waals surface area contributed by atoms with Crippen LogP contribution in [0.3, 0.4) is 0 Å². The van der Waals surface area contributed by atoms with Crippen molar-refractivity contribution in [2.75, 3.05) is 19.6 Å². The van der Waals surface area contributed by atoms with Gasteiger partial charge in [0.1, 0.15) is 5.60 Å². The topological polar surface area (TPSA) is 70.7 Å². The molecule has 1 aliphatic heterocycles. The average Bonchev–Trinajstić information content (AvgIpc) is 3.20. The minimum atomic E-state index is -0.527. The number of amides is 2. The van der Waals surface area contributed by atoms with Crippen molar-refractivity contribution in [3.05, 3.63) is 35.9 Å². The molecule has 2 unspecified atom stereocenters. The number of benzene rings is 1. The van der Waals surface area contributed by atoms with Gasteiger partial charge in [-0.3, -0.25) is 9.69 Å². The van der Waals surface area contributed by atoms with Crippen molar-refractivity contribution in [3.63, 3.8) is 0 Å². The highest BCUT2D eigenvalue weighted by Crippen LogP contribution is 2.20. The number of alkyl carbamates (subject to hydrolysis) is 1. The van der Waals surface area contributed by atoms with Gasteiger partial charge in [-0.2, -0.15) is 0 Å². The van der Waals surface area contributed by atoms with Crippen LogP contribution in [0.2, 0.25) is 0 Å². The molecule has 0 spiro atoms. The van der Waals surface area contributed by atoms with Crippen LogP contribution in [-0.2, 0) is 16.0 Å². The fraction of sp³-hybridized carbons (Fsp3) is 0.692. The zero-order valence-corrected chi connectivity index (χ0v) is 20.7. The summed E-state index contributed by atoms with van der Waals surface area (Å²) in [6.07, 6.45) is 5.52. The van der Waals surface area contributed by atoms with Crippen LogP contribution in [0, 0.1) is 5.92 Å². The molecule has 0 aliphatic carbocycles. The SMILES string of the molecule is CCC(C)C(CN1CCC[C@H]1C(=O)NCCCCc1ccccc1)NC(=O)OC(C)(C)C. The Morgan fingerprint density at radius 1 is 1.19 bits per heavy atom. The molecule has 1 saturated heterocycles. The van der Waals surface area contributed by atoms with Crippen LogP contribution in [-0.4, -0.2) is 54.2 Å². The molecule has 6 nitrogen and oxygen atoms in total. The average molecular weight is 446 g/mol. The molecular weight excluding hydrogens is 402 g/mol. The van der Waals surface area contributed by atoms with E-state index in [0.29, 0.717) is 19.0 Å². The van der Waals surface area contributed by atoms with Crippen LogP contribution in [0.1, 0.15) is 72.3 Å². The van der Waals surface area contributed by atoms with E-state index >= 15 is 0 Å². The van der Waals surface area contributed by atoms with E-state index in [1.165, 1.54) is 5.56 Å². The normalized spacial score (nSPS) is 18.7. The number of aryl methyl sites for hydroxylation is 1. The quantitative estimate of drug-likeness (QED) is 0.491. The molecule has 2 rings (SSSR count). The summed E-state index contributed by atoms with van der Waals surface area (Å²) in [7, 11) is 0. The summed E-state index contributed by atoms with van der Waals surface area (Å²) in [5.41, 5.74) is 0.815. The molecule has 2 N–H and O–H groups in total. The summed E-state index contributed by atoms with van der Waals surface area (Å²) in [5.74, 6) is 0.409. The molecule has 0 bridgehead atoms. The number of likely N-dealkylation sites (tertiary alicyclic amines) is 1. The predicted molar refractivity (Wildman–Crippen MR) is 130 cm³/mol. The second-order valence-corrected chi connectivity index (χ2v) is 10.0. The summed E-state index contributed by atoms with van der Waals surface area (Å²) in [6.45, 7) is 12.1. The van der Waals surface area contributed by atoms with E-state index in [1.54, 1.807) is 0 Å². The molecule has 0 aromatic heterocycles. The van der Waals surface area contributed by atoms with Crippen molar-refractivity contribution in [2.24, 2.45) is 5.92 Å². The van der Waals surface area contributed by atoms with Crippen LogP contribution in [0.5, 0.6) is 0 Å².